The molecule has 127 heavy (non-hydrogen) atoms. The molecule has 0 saturated heterocycles. The molecule has 0 bridgehead atoms. The molecule has 18 aromatic rings. The highest BCUT2D eigenvalue weighted by molar-refractivity contribution is 8.00. The summed E-state index contributed by atoms with van der Waals surface area (Å²) in [6.45, 7) is 0. The number of sulfone groups is 2. The molecule has 0 fully saturated rings. The summed E-state index contributed by atoms with van der Waals surface area (Å²) in [4.78, 5) is 72.3. The van der Waals surface area contributed by atoms with Crippen LogP contribution in [0.1, 0.15) is 0 Å². The molecule has 18 aromatic heterocycles. The van der Waals surface area contributed by atoms with Crippen molar-refractivity contribution in [3.63, 3.8) is 0 Å². The van der Waals surface area contributed by atoms with Crippen LogP contribution < -0.4 is 14.8 Å². The predicted octanol–water partition coefficient (Wildman–Crippen LogP) is 20.2. The van der Waals surface area contributed by atoms with Crippen LogP contribution in [0.5, 0.6) is 10.1 Å². The molecule has 1 N–H and O–H groups in total. The minimum atomic E-state index is -3.26. The summed E-state index contributed by atoms with van der Waals surface area (Å²) in [5, 5.41) is 12.7. The normalized spacial score (nSPS) is 11.1. The highest BCUT2D eigenvalue weighted by atomic mass is 32.2. The molecule has 654 valence electrons. The molecule has 18 heterocycles. The van der Waals surface area contributed by atoms with Crippen LogP contribution in [0.4, 0.5) is 22.6 Å². The summed E-state index contributed by atoms with van der Waals surface area (Å²) in [5.74, 6) is -1.57. The molecule has 0 saturated carbocycles. The lowest BCUT2D eigenvalue weighted by Crippen LogP contribution is -1.91. The highest BCUT2D eigenvalue weighted by Gasteiger charge is 2.17. The molecule has 0 aliphatic carbocycles. The number of thiazole rings is 9. The number of anilines is 1. The van der Waals surface area contributed by atoms with E-state index in [4.69, 9.17) is 9.47 Å². The number of pyridine rings is 9. The van der Waals surface area contributed by atoms with Crippen molar-refractivity contribution in [1.82, 2.24) is 89.7 Å². The van der Waals surface area contributed by atoms with Crippen molar-refractivity contribution in [1.29, 1.82) is 0 Å². The molecule has 46 heteroatoms. The van der Waals surface area contributed by atoms with Gasteiger partial charge in [0.05, 0.1) is 125 Å². The standard InChI is InChI=1S/C9H7FN2O2S2.C9H7FN2OS2.C9H7FN2OS.C9H7FN2S2.C9H9N3S.C9H8N2O2S2.C9H8N2OS2.C9H8N2OS.C9H8N2S2/c1-16(13,14)8-5-12-9(15-8)6-2-7(10)4-11-3-6;1-15(13)8-5-12-9(14-8)6-2-7(10)4-11-3-6;2*1-13-8-5-12-9(14-8)6-2-7(10)4-11-3-6;1-10-8-6-12-9(13-8)7-3-2-4-11-5-7;1-15(12,13)8-6-11-9(14-8)7-3-2-4-10-5-7;1-14(12)8-6-11-9(13-8)7-3-2-4-10-5-7;2*1-12-8-6-11-9(13-8)7-3-2-4-10-5-7/h2-5H,1H3;2-5H,1H3;2*2-5H,1H3;2-6,10H,1H3;2-6H,1H3;2-6H,1H3;2*2-6H,1H3. The maximum atomic E-state index is 12.9. The zero-order valence-electron chi connectivity index (χ0n) is 67.6. The first-order chi connectivity index (χ1) is 61.3. The second-order valence-corrected chi connectivity index (χ2v) is 43.3. The van der Waals surface area contributed by atoms with Gasteiger partial charge in [-0.3, -0.25) is 53.3 Å². The van der Waals surface area contributed by atoms with Crippen LogP contribution in [-0.4, -0.2) is 174 Å². The Morgan fingerprint density at radius 1 is 0.323 bits per heavy atom. The van der Waals surface area contributed by atoms with Crippen molar-refractivity contribution in [2.45, 2.75) is 25.3 Å². The van der Waals surface area contributed by atoms with Gasteiger partial charge in [-0.05, 0) is 97.4 Å². The fourth-order valence-corrected chi connectivity index (χ4v) is 20.7. The Bertz CT molecular complexity index is 6450. The number of rotatable bonds is 18. The topological polar surface area (TPSA) is 365 Å². The summed E-state index contributed by atoms with van der Waals surface area (Å²) >= 11 is 16.0. The van der Waals surface area contributed by atoms with E-state index in [9.17, 15) is 42.8 Å². The average molecular weight is 1990 g/mol. The molecule has 0 aliphatic rings. The van der Waals surface area contributed by atoms with Crippen LogP contribution in [0.15, 0.2) is 277 Å². The SMILES string of the molecule is CNc1cnc(-c2cccnc2)s1.COc1cnc(-c2cccnc2)s1.COc1cnc(-c2cncc(F)c2)s1.CS(=O)(=O)c1cnc(-c2cccnc2)s1.CS(=O)(=O)c1cnc(-c2cncc(F)c2)s1.CS(=O)c1cnc(-c2cccnc2)s1.CS(=O)c1cnc(-c2cncc(F)c2)s1.CSc1cnc(-c2cccnc2)s1.CSc1cnc(-c2cncc(F)c2)s1. The molecule has 18 rings (SSSR count). The third-order valence-corrected chi connectivity index (χ3v) is 33.0. The second kappa shape index (κ2) is 50.0. The minimum Gasteiger partial charge on any atom is -0.486 e. The lowest BCUT2D eigenvalue weighted by atomic mass is 10.3. The predicted molar refractivity (Wildman–Crippen MR) is 505 cm³/mol. The van der Waals surface area contributed by atoms with E-state index in [0.29, 0.717) is 46.0 Å². The van der Waals surface area contributed by atoms with Gasteiger partial charge in [0.1, 0.15) is 90.2 Å². The van der Waals surface area contributed by atoms with Gasteiger partial charge in [0.25, 0.3) is 0 Å². The van der Waals surface area contributed by atoms with Crippen LogP contribution in [0, 0.1) is 23.3 Å². The minimum absolute atomic E-state index is 0.159. The molecule has 0 aromatic carbocycles. The molecule has 0 amide bonds. The Hall–Kier alpha value is -11.0. The van der Waals surface area contributed by atoms with E-state index >= 15 is 0 Å². The average Bonchev–Trinajstić information content (AvgIpc) is 1.69. The Kier molecular flexibility index (Phi) is 38.6. The van der Waals surface area contributed by atoms with Crippen molar-refractivity contribution in [3.05, 3.63) is 276 Å². The number of ether oxygens (including phenoxy) is 2. The molecule has 0 radical (unpaired) electrons. The number of hydrogen-bond donors (Lipinski definition) is 1. The summed E-state index contributed by atoms with van der Waals surface area (Å²) < 4.78 is 133. The Morgan fingerprint density at radius 2 is 0.583 bits per heavy atom. The number of hydrogen-bond acceptors (Lipinski definition) is 38. The lowest BCUT2D eigenvalue weighted by Gasteiger charge is -1.94. The smallest absolute Gasteiger partial charge is 0.194 e. The molecular formula is C81H69F4N19O8S15. The van der Waals surface area contributed by atoms with Crippen molar-refractivity contribution in [3.8, 4) is 105 Å². The van der Waals surface area contributed by atoms with Crippen LogP contribution in [0.3, 0.4) is 0 Å². The first kappa shape index (κ1) is 98.2. The van der Waals surface area contributed by atoms with Gasteiger partial charge >= 0.3 is 0 Å². The Morgan fingerprint density at radius 3 is 0.843 bits per heavy atom. The second-order valence-electron chi connectivity index (χ2n) is 24.2. The lowest BCUT2D eigenvalue weighted by molar-refractivity contribution is 0.426. The highest BCUT2D eigenvalue weighted by Crippen LogP contribution is 2.36. The number of halogens is 4. The van der Waals surface area contributed by atoms with Gasteiger partial charge in [-0.1, -0.05) is 34.0 Å². The monoisotopic (exact) mass is 1990 g/mol. The van der Waals surface area contributed by atoms with Crippen molar-refractivity contribution in [2.75, 3.05) is 64.1 Å². The summed E-state index contributed by atoms with van der Waals surface area (Å²) in [6, 6.07) is 24.6. The summed E-state index contributed by atoms with van der Waals surface area (Å²) in [6.07, 6.45) is 52.5. The first-order valence-corrected chi connectivity index (χ1v) is 52.4. The molecular weight excluding hydrogens is 1920 g/mol. The number of thioether (sulfide) groups is 2. The Balaban J connectivity index is 0.000000149. The third kappa shape index (κ3) is 31.5. The van der Waals surface area contributed by atoms with Crippen LogP contribution in [-0.2, 0) is 41.3 Å². The van der Waals surface area contributed by atoms with Crippen molar-refractivity contribution in [2.24, 2.45) is 0 Å². The van der Waals surface area contributed by atoms with Crippen LogP contribution in [0.2, 0.25) is 0 Å². The molecule has 2 atom stereocenters. The van der Waals surface area contributed by atoms with E-state index in [1.807, 2.05) is 92.7 Å². The van der Waals surface area contributed by atoms with E-state index in [-0.39, 0.29) is 20.1 Å². The first-order valence-electron chi connectivity index (χ1n) is 35.7. The van der Waals surface area contributed by atoms with E-state index in [0.717, 1.165) is 124 Å². The molecule has 27 nitrogen and oxygen atoms in total. The van der Waals surface area contributed by atoms with Gasteiger partial charge < -0.3 is 14.8 Å². The maximum Gasteiger partial charge on any atom is 0.194 e. The fraction of sp³-hybridized carbons (Fsp3) is 0.111. The third-order valence-electron chi connectivity index (χ3n) is 15.1. The van der Waals surface area contributed by atoms with Gasteiger partial charge in [0.15, 0.2) is 29.8 Å². The van der Waals surface area contributed by atoms with Gasteiger partial charge in [0.2, 0.25) is 0 Å². The largest absolute Gasteiger partial charge is 0.486 e. The molecule has 0 spiro atoms. The van der Waals surface area contributed by atoms with E-state index < -0.39 is 52.9 Å². The van der Waals surface area contributed by atoms with Gasteiger partial charge in [-0.2, -0.15) is 0 Å². The summed E-state index contributed by atoms with van der Waals surface area (Å²) in [5.41, 5.74) is 7.45. The zero-order chi connectivity index (χ0) is 90.7. The number of aromatic nitrogens is 18. The van der Waals surface area contributed by atoms with E-state index in [2.05, 4.69) is 101 Å². The van der Waals surface area contributed by atoms with Gasteiger partial charge in [0, 0.05) is 169 Å². The molecule has 2 unspecified atom stereocenters. The number of nitrogens with one attached hydrogen (secondary N) is 1. The van der Waals surface area contributed by atoms with Gasteiger partial charge in [-0.25, -0.2) is 79.3 Å². The Labute approximate surface area is 776 Å². The van der Waals surface area contributed by atoms with Crippen LogP contribution >= 0.6 is 126 Å². The summed E-state index contributed by atoms with van der Waals surface area (Å²) in [7, 11) is -3.30. The fourth-order valence-electron chi connectivity index (χ4n) is 9.21. The zero-order valence-corrected chi connectivity index (χ0v) is 79.9. The van der Waals surface area contributed by atoms with E-state index in [1.54, 1.807) is 172 Å². The quantitative estimate of drug-likeness (QED) is 0.0616. The van der Waals surface area contributed by atoms with Crippen LogP contribution in [0.25, 0.3) is 95.1 Å². The number of nitrogens with zero attached hydrogens (tertiary/aromatic N) is 18. The van der Waals surface area contributed by atoms with Crippen molar-refractivity contribution < 1.29 is 52.3 Å². The molecule has 0 aliphatic heterocycles. The number of methoxy groups -OCH3 is 2. The van der Waals surface area contributed by atoms with Gasteiger partial charge in [-0.15, -0.1) is 91.5 Å². The maximum absolute atomic E-state index is 12.9. The van der Waals surface area contributed by atoms with E-state index in [1.165, 1.54) is 122 Å². The van der Waals surface area contributed by atoms with Crippen molar-refractivity contribution >= 4 is 172 Å².